The number of nitrogens with one attached hydrogen (secondary N) is 1. The van der Waals surface area contributed by atoms with E-state index in [2.05, 4.69) is 92.6 Å². The summed E-state index contributed by atoms with van der Waals surface area (Å²) in [5.41, 5.74) is 9.33. The van der Waals surface area contributed by atoms with Crippen LogP contribution in [0.3, 0.4) is 0 Å². The molecular formula is C23H24N2. The summed E-state index contributed by atoms with van der Waals surface area (Å²) in [6.07, 6.45) is 10.2. The molecule has 0 unspecified atom stereocenters. The highest BCUT2D eigenvalue weighted by Crippen LogP contribution is 2.21. The molecule has 0 saturated carbocycles. The largest absolute Gasteiger partial charge is 0.361 e. The van der Waals surface area contributed by atoms with Crippen molar-refractivity contribution < 1.29 is 0 Å². The van der Waals surface area contributed by atoms with E-state index in [1.54, 1.807) is 0 Å². The van der Waals surface area contributed by atoms with Crippen LogP contribution >= 0.6 is 0 Å². The number of hydrogen-bond donors (Lipinski definition) is 1. The van der Waals surface area contributed by atoms with Crippen LogP contribution in [0, 0.1) is 27.7 Å². The molecule has 0 aliphatic heterocycles. The third-order valence-electron chi connectivity index (χ3n) is 4.06. The summed E-state index contributed by atoms with van der Waals surface area (Å²) in [7, 11) is 0. The second-order valence-electron chi connectivity index (χ2n) is 6.71. The second-order valence-corrected chi connectivity index (χ2v) is 6.71. The lowest BCUT2D eigenvalue weighted by Gasteiger charge is -2.06. The molecule has 2 heteroatoms. The van der Waals surface area contributed by atoms with Crippen LogP contribution in [0.5, 0.6) is 0 Å². The van der Waals surface area contributed by atoms with Crippen molar-refractivity contribution in [2.24, 2.45) is 4.99 Å². The summed E-state index contributed by atoms with van der Waals surface area (Å²) in [5, 5.41) is 3.40. The van der Waals surface area contributed by atoms with E-state index >= 15 is 0 Å². The van der Waals surface area contributed by atoms with Gasteiger partial charge in [-0.05, 0) is 79.8 Å². The minimum absolute atomic E-state index is 0.993. The fourth-order valence-corrected chi connectivity index (χ4v) is 3.09. The number of allylic oxidation sites excluding steroid dienone is 5. The highest BCUT2D eigenvalue weighted by atomic mass is 14.8. The Labute approximate surface area is 150 Å². The van der Waals surface area contributed by atoms with Crippen LogP contribution in [0.25, 0.3) is 0 Å². The van der Waals surface area contributed by atoms with Gasteiger partial charge in [0.05, 0.1) is 5.69 Å². The highest BCUT2D eigenvalue weighted by Gasteiger charge is 2.04. The van der Waals surface area contributed by atoms with Crippen LogP contribution in [0.15, 0.2) is 77.0 Å². The van der Waals surface area contributed by atoms with Crippen LogP contribution in [0.1, 0.15) is 22.3 Å². The third kappa shape index (κ3) is 4.57. The van der Waals surface area contributed by atoms with Gasteiger partial charge in [0.15, 0.2) is 0 Å². The number of anilines is 1. The van der Waals surface area contributed by atoms with Crippen LogP contribution in [-0.2, 0) is 0 Å². The average Bonchev–Trinajstić information content (AvgIpc) is 2.96. The van der Waals surface area contributed by atoms with Gasteiger partial charge in [0.1, 0.15) is 0 Å². The monoisotopic (exact) mass is 328 g/mol. The Hall–Kier alpha value is -2.87. The van der Waals surface area contributed by atoms with Gasteiger partial charge in [0, 0.05) is 23.7 Å². The number of nitrogens with zero attached hydrogens (tertiary/aromatic N) is 1. The molecular weight excluding hydrogens is 304 g/mol. The third-order valence-corrected chi connectivity index (χ3v) is 4.06. The molecule has 0 bridgehead atoms. The van der Waals surface area contributed by atoms with Crippen LogP contribution in [0.4, 0.5) is 11.4 Å². The van der Waals surface area contributed by atoms with Crippen molar-refractivity contribution in [3.8, 4) is 0 Å². The van der Waals surface area contributed by atoms with Crippen LogP contribution in [0.2, 0.25) is 0 Å². The lowest BCUT2D eigenvalue weighted by atomic mass is 10.1. The zero-order chi connectivity index (χ0) is 17.8. The Bertz CT molecular complexity index is 871. The normalized spacial score (nSPS) is 15.2. The Morgan fingerprint density at radius 1 is 0.800 bits per heavy atom. The van der Waals surface area contributed by atoms with Gasteiger partial charge in [0.2, 0.25) is 0 Å². The molecule has 0 heterocycles. The Balaban J connectivity index is 1.75. The van der Waals surface area contributed by atoms with Gasteiger partial charge < -0.3 is 5.32 Å². The molecule has 25 heavy (non-hydrogen) atoms. The van der Waals surface area contributed by atoms with Crippen molar-refractivity contribution in [2.75, 3.05) is 5.32 Å². The maximum Gasteiger partial charge on any atom is 0.0635 e. The summed E-state index contributed by atoms with van der Waals surface area (Å²) < 4.78 is 0. The van der Waals surface area contributed by atoms with Gasteiger partial charge in [-0.25, -0.2) is 0 Å². The van der Waals surface area contributed by atoms with Gasteiger partial charge >= 0.3 is 0 Å². The predicted molar refractivity (Wildman–Crippen MR) is 109 cm³/mol. The Kier molecular flexibility index (Phi) is 4.99. The van der Waals surface area contributed by atoms with Gasteiger partial charge in [-0.15, -0.1) is 0 Å². The number of aryl methyl sites for hydroxylation is 4. The molecule has 1 aliphatic rings. The molecule has 0 spiro atoms. The van der Waals surface area contributed by atoms with Crippen molar-refractivity contribution in [1.82, 2.24) is 0 Å². The smallest absolute Gasteiger partial charge is 0.0635 e. The molecule has 0 atom stereocenters. The zero-order valence-electron chi connectivity index (χ0n) is 15.3. The fraction of sp³-hybridized carbons (Fsp3) is 0.174. The van der Waals surface area contributed by atoms with Crippen molar-refractivity contribution in [3.63, 3.8) is 0 Å². The Morgan fingerprint density at radius 3 is 2.04 bits per heavy atom. The van der Waals surface area contributed by atoms with E-state index in [9.17, 15) is 0 Å². The van der Waals surface area contributed by atoms with E-state index in [-0.39, 0.29) is 0 Å². The maximum absolute atomic E-state index is 4.64. The number of aliphatic imine (C=N–C) groups is 1. The molecule has 0 fully saturated rings. The summed E-state index contributed by atoms with van der Waals surface area (Å²) in [6, 6.07) is 12.8. The average molecular weight is 328 g/mol. The molecule has 0 saturated heterocycles. The van der Waals surface area contributed by atoms with Gasteiger partial charge in [0.25, 0.3) is 0 Å². The van der Waals surface area contributed by atoms with E-state index in [0.717, 1.165) is 22.5 Å². The molecule has 0 aromatic heterocycles. The summed E-state index contributed by atoms with van der Waals surface area (Å²) in [5.74, 6) is 0. The molecule has 3 rings (SSSR count). The molecule has 1 N–H and O–H groups in total. The lowest BCUT2D eigenvalue weighted by molar-refractivity contribution is 1.36. The first-order valence-electron chi connectivity index (χ1n) is 8.56. The number of hydrogen-bond acceptors (Lipinski definition) is 2. The van der Waals surface area contributed by atoms with E-state index in [4.69, 9.17) is 0 Å². The number of benzene rings is 2. The quantitative estimate of drug-likeness (QED) is 0.672. The first kappa shape index (κ1) is 17.0. The standard InChI is InChI=1S/C23H24N2/c1-16-8-17(2)11-22(10-16)24-14-20-6-5-7-21(20)15-25-23-12-18(3)9-19(4)13-23/h5-15,24H,1-4H3/b20-14-,25-15?. The summed E-state index contributed by atoms with van der Waals surface area (Å²) in [4.78, 5) is 4.64. The fourth-order valence-electron chi connectivity index (χ4n) is 3.09. The van der Waals surface area contributed by atoms with Crippen molar-refractivity contribution >= 4 is 17.6 Å². The second kappa shape index (κ2) is 7.35. The zero-order valence-corrected chi connectivity index (χ0v) is 15.3. The molecule has 0 radical (unpaired) electrons. The molecule has 126 valence electrons. The maximum atomic E-state index is 4.64. The van der Waals surface area contributed by atoms with Crippen molar-refractivity contribution in [3.05, 3.63) is 94.2 Å². The topological polar surface area (TPSA) is 24.4 Å². The first-order chi connectivity index (χ1) is 12.0. The van der Waals surface area contributed by atoms with Gasteiger partial charge in [-0.1, -0.05) is 30.4 Å². The Morgan fingerprint density at radius 2 is 1.40 bits per heavy atom. The van der Waals surface area contributed by atoms with E-state index in [1.807, 2.05) is 12.4 Å². The number of rotatable bonds is 4. The summed E-state index contributed by atoms with van der Waals surface area (Å²) in [6.45, 7) is 8.42. The minimum atomic E-state index is 0.993. The van der Waals surface area contributed by atoms with Crippen molar-refractivity contribution in [2.45, 2.75) is 27.7 Å². The predicted octanol–water partition coefficient (Wildman–Crippen LogP) is 6.11. The van der Waals surface area contributed by atoms with Gasteiger partial charge in [-0.2, -0.15) is 0 Å². The van der Waals surface area contributed by atoms with Crippen molar-refractivity contribution in [1.29, 1.82) is 0 Å². The summed E-state index contributed by atoms with van der Waals surface area (Å²) >= 11 is 0. The molecule has 2 nitrogen and oxygen atoms in total. The van der Waals surface area contributed by atoms with Gasteiger partial charge in [-0.3, -0.25) is 4.99 Å². The molecule has 2 aromatic carbocycles. The van der Waals surface area contributed by atoms with E-state index in [0.29, 0.717) is 0 Å². The van der Waals surface area contributed by atoms with Crippen LogP contribution in [-0.4, -0.2) is 6.21 Å². The SMILES string of the molecule is Cc1cc(C)cc(N=CC2=CC=C/C2=C/Nc2cc(C)cc(C)c2)c1. The molecule has 0 amide bonds. The lowest BCUT2D eigenvalue weighted by Crippen LogP contribution is -1.94. The van der Waals surface area contributed by atoms with E-state index in [1.165, 1.54) is 22.3 Å². The first-order valence-corrected chi connectivity index (χ1v) is 8.56. The molecule has 2 aromatic rings. The highest BCUT2D eigenvalue weighted by molar-refractivity contribution is 5.90. The molecule has 1 aliphatic carbocycles. The van der Waals surface area contributed by atoms with Crippen LogP contribution < -0.4 is 5.32 Å². The van der Waals surface area contributed by atoms with E-state index < -0.39 is 0 Å². The minimum Gasteiger partial charge on any atom is -0.361 e.